The highest BCUT2D eigenvalue weighted by Crippen LogP contribution is 2.44. The molecule has 0 aromatic heterocycles. The van der Waals surface area contributed by atoms with Gasteiger partial charge in [-0.1, -0.05) is 6.92 Å². The first kappa shape index (κ1) is 15.1. The van der Waals surface area contributed by atoms with Gasteiger partial charge in [0, 0.05) is 25.0 Å². The number of nitrogens with one attached hydrogen (secondary N) is 1. The van der Waals surface area contributed by atoms with E-state index in [-0.39, 0.29) is 11.2 Å². The lowest BCUT2D eigenvalue weighted by Gasteiger charge is -2.45. The Morgan fingerprint density at radius 3 is 2.85 bits per heavy atom. The van der Waals surface area contributed by atoms with E-state index in [1.165, 1.54) is 43.6 Å². The Morgan fingerprint density at radius 1 is 1.30 bits per heavy atom. The maximum absolute atomic E-state index is 6.19. The van der Waals surface area contributed by atoms with Gasteiger partial charge in [0.1, 0.15) is 0 Å². The third-order valence-electron chi connectivity index (χ3n) is 5.40. The molecule has 116 valence electrons. The lowest BCUT2D eigenvalue weighted by Crippen LogP contribution is -2.56. The van der Waals surface area contributed by atoms with Crippen LogP contribution in [0.4, 0.5) is 0 Å². The number of hydrogen-bond donors (Lipinski definition) is 1. The zero-order valence-electron chi connectivity index (χ0n) is 13.0. The molecule has 4 atom stereocenters. The van der Waals surface area contributed by atoms with Crippen LogP contribution in [0.5, 0.6) is 0 Å². The Hall–Kier alpha value is 0.230. The molecule has 0 aromatic carbocycles. The number of hydrogen-bond acceptors (Lipinski definition) is 4. The van der Waals surface area contributed by atoms with Gasteiger partial charge in [-0.3, -0.25) is 0 Å². The van der Waals surface area contributed by atoms with Crippen molar-refractivity contribution in [3.8, 4) is 0 Å². The van der Waals surface area contributed by atoms with E-state index in [1.54, 1.807) is 0 Å². The van der Waals surface area contributed by atoms with Gasteiger partial charge in [-0.2, -0.15) is 11.8 Å². The van der Waals surface area contributed by atoms with Crippen molar-refractivity contribution in [2.75, 3.05) is 31.3 Å². The summed E-state index contributed by atoms with van der Waals surface area (Å²) in [5.41, 5.74) is 0.209. The molecule has 0 aromatic rings. The number of likely N-dealkylation sites (N-methyl/N-ethyl adjacent to an activating group) is 1. The monoisotopic (exact) mass is 299 g/mol. The third kappa shape index (κ3) is 2.90. The molecular weight excluding hydrogens is 270 g/mol. The van der Waals surface area contributed by atoms with Gasteiger partial charge in [0.2, 0.25) is 0 Å². The fourth-order valence-corrected chi connectivity index (χ4v) is 5.74. The Balaban J connectivity index is 1.73. The molecule has 1 N–H and O–H groups in total. The fourth-order valence-electron chi connectivity index (χ4n) is 4.36. The van der Waals surface area contributed by atoms with Gasteiger partial charge in [-0.15, -0.1) is 0 Å². The molecule has 0 bridgehead atoms. The Bertz CT molecular complexity index is 324. The molecule has 3 aliphatic heterocycles. The van der Waals surface area contributed by atoms with Gasteiger partial charge in [-0.05, 0) is 57.2 Å². The van der Waals surface area contributed by atoms with Crippen LogP contribution in [-0.2, 0) is 9.47 Å². The first-order chi connectivity index (χ1) is 9.68. The predicted molar refractivity (Wildman–Crippen MR) is 84.4 cm³/mol. The van der Waals surface area contributed by atoms with Crippen molar-refractivity contribution in [2.45, 2.75) is 63.2 Å². The van der Waals surface area contributed by atoms with Crippen molar-refractivity contribution < 1.29 is 9.47 Å². The van der Waals surface area contributed by atoms with Crippen LogP contribution >= 0.6 is 11.8 Å². The second-order valence-corrected chi connectivity index (χ2v) is 7.99. The van der Waals surface area contributed by atoms with Gasteiger partial charge < -0.3 is 14.8 Å². The molecule has 3 aliphatic rings. The second kappa shape index (κ2) is 6.15. The molecular formula is C16H29NO2S. The quantitative estimate of drug-likeness (QED) is 0.865. The number of ether oxygens (including phenoxy) is 2. The van der Waals surface area contributed by atoms with Gasteiger partial charge in [0.25, 0.3) is 0 Å². The minimum atomic E-state index is 0.0327. The molecule has 0 aliphatic carbocycles. The fraction of sp³-hybridized carbons (Fsp3) is 1.00. The Kier molecular flexibility index (Phi) is 4.66. The van der Waals surface area contributed by atoms with Crippen molar-refractivity contribution in [3.05, 3.63) is 0 Å². The van der Waals surface area contributed by atoms with Crippen molar-refractivity contribution in [2.24, 2.45) is 5.92 Å². The van der Waals surface area contributed by atoms with E-state index in [2.05, 4.69) is 30.9 Å². The molecule has 1 spiro atoms. The maximum atomic E-state index is 6.19. The average molecular weight is 299 g/mol. The van der Waals surface area contributed by atoms with E-state index >= 15 is 0 Å². The molecule has 0 saturated carbocycles. The van der Waals surface area contributed by atoms with Crippen LogP contribution in [-0.4, -0.2) is 48.5 Å². The molecule has 4 unspecified atom stereocenters. The van der Waals surface area contributed by atoms with Gasteiger partial charge in [0.05, 0.1) is 11.2 Å². The van der Waals surface area contributed by atoms with E-state index in [0.717, 1.165) is 19.8 Å². The lowest BCUT2D eigenvalue weighted by molar-refractivity contribution is -0.108. The molecule has 0 amide bonds. The number of rotatable bonds is 4. The van der Waals surface area contributed by atoms with Crippen molar-refractivity contribution in [1.29, 1.82) is 0 Å². The summed E-state index contributed by atoms with van der Waals surface area (Å²) in [5.74, 6) is 3.16. The molecule has 3 fully saturated rings. The van der Waals surface area contributed by atoms with Crippen molar-refractivity contribution in [3.63, 3.8) is 0 Å². The summed E-state index contributed by atoms with van der Waals surface area (Å²) in [6.07, 6.45) is 6.05. The van der Waals surface area contributed by atoms with Crippen LogP contribution in [0.2, 0.25) is 0 Å². The van der Waals surface area contributed by atoms with E-state index in [0.29, 0.717) is 12.0 Å². The van der Waals surface area contributed by atoms with Crippen LogP contribution < -0.4 is 5.32 Å². The SMILES string of the molecule is CCNC(C1CCOC2(CCSC2)C1)C1(C)CCCO1. The Morgan fingerprint density at radius 2 is 2.20 bits per heavy atom. The highest BCUT2D eigenvalue weighted by molar-refractivity contribution is 7.99. The summed E-state index contributed by atoms with van der Waals surface area (Å²) < 4.78 is 12.3. The minimum absolute atomic E-state index is 0.0327. The van der Waals surface area contributed by atoms with Crippen LogP contribution in [0.25, 0.3) is 0 Å². The zero-order chi connectivity index (χ0) is 14.1. The van der Waals surface area contributed by atoms with Gasteiger partial charge in [0.15, 0.2) is 0 Å². The molecule has 3 rings (SSSR count). The normalized spacial score (nSPS) is 43.2. The van der Waals surface area contributed by atoms with E-state index in [4.69, 9.17) is 9.47 Å². The average Bonchev–Trinajstić information content (AvgIpc) is 3.07. The van der Waals surface area contributed by atoms with Crippen LogP contribution in [0.3, 0.4) is 0 Å². The zero-order valence-corrected chi connectivity index (χ0v) is 13.8. The van der Waals surface area contributed by atoms with Crippen LogP contribution in [0, 0.1) is 5.92 Å². The van der Waals surface area contributed by atoms with Gasteiger partial charge >= 0.3 is 0 Å². The highest BCUT2D eigenvalue weighted by atomic mass is 32.2. The van der Waals surface area contributed by atoms with E-state index in [1.807, 2.05) is 0 Å². The molecule has 3 heterocycles. The summed E-state index contributed by atoms with van der Waals surface area (Å²) in [6, 6.07) is 0.487. The summed E-state index contributed by atoms with van der Waals surface area (Å²) >= 11 is 2.06. The molecule has 4 heteroatoms. The third-order valence-corrected chi connectivity index (χ3v) is 6.62. The standard InChI is InChI=1S/C16H29NO2S/c1-3-17-14(15(2)6-4-8-18-15)13-5-9-19-16(11-13)7-10-20-12-16/h13-14,17H,3-12H2,1-2H3. The predicted octanol–water partition coefficient (Wildman–Crippen LogP) is 2.84. The molecule has 3 saturated heterocycles. The second-order valence-electron chi connectivity index (χ2n) is 6.89. The summed E-state index contributed by atoms with van der Waals surface area (Å²) in [5, 5.41) is 3.75. The summed E-state index contributed by atoms with van der Waals surface area (Å²) in [6.45, 7) is 7.43. The lowest BCUT2D eigenvalue weighted by atomic mass is 9.75. The van der Waals surface area contributed by atoms with Crippen LogP contribution in [0.15, 0.2) is 0 Å². The van der Waals surface area contributed by atoms with Gasteiger partial charge in [-0.25, -0.2) is 0 Å². The maximum Gasteiger partial charge on any atom is 0.0810 e. The highest BCUT2D eigenvalue weighted by Gasteiger charge is 2.48. The van der Waals surface area contributed by atoms with Crippen molar-refractivity contribution >= 4 is 11.8 Å². The molecule has 3 nitrogen and oxygen atoms in total. The largest absolute Gasteiger partial charge is 0.374 e. The molecule has 0 radical (unpaired) electrons. The summed E-state index contributed by atoms with van der Waals surface area (Å²) in [7, 11) is 0. The topological polar surface area (TPSA) is 30.5 Å². The molecule has 20 heavy (non-hydrogen) atoms. The summed E-state index contributed by atoms with van der Waals surface area (Å²) in [4.78, 5) is 0. The first-order valence-electron chi connectivity index (χ1n) is 8.27. The van der Waals surface area contributed by atoms with Crippen LogP contribution in [0.1, 0.15) is 46.0 Å². The smallest absolute Gasteiger partial charge is 0.0810 e. The Labute approximate surface area is 127 Å². The van der Waals surface area contributed by atoms with E-state index < -0.39 is 0 Å². The number of thioether (sulfide) groups is 1. The minimum Gasteiger partial charge on any atom is -0.374 e. The van der Waals surface area contributed by atoms with E-state index in [9.17, 15) is 0 Å². The first-order valence-corrected chi connectivity index (χ1v) is 9.42. The van der Waals surface area contributed by atoms with Crippen molar-refractivity contribution in [1.82, 2.24) is 5.32 Å².